The molecule has 2 aromatic rings. The van der Waals surface area contributed by atoms with Crippen molar-refractivity contribution in [3.05, 3.63) is 42.0 Å². The van der Waals surface area contributed by atoms with Gasteiger partial charge in [-0.05, 0) is 37.1 Å². The molecule has 0 aliphatic carbocycles. The molecule has 0 amide bonds. The Balaban J connectivity index is 2.57. The van der Waals surface area contributed by atoms with Crippen molar-refractivity contribution in [1.29, 1.82) is 0 Å². The fourth-order valence-electron chi connectivity index (χ4n) is 2.14. The van der Waals surface area contributed by atoms with Crippen molar-refractivity contribution in [3.63, 3.8) is 0 Å². The topological polar surface area (TPSA) is 35.2 Å². The van der Waals surface area contributed by atoms with Crippen molar-refractivity contribution in [1.82, 2.24) is 0 Å². The third kappa shape index (κ3) is 2.59. The van der Waals surface area contributed by atoms with Crippen molar-refractivity contribution in [2.75, 3.05) is 6.61 Å². The minimum atomic E-state index is 0.139. The Morgan fingerprint density at radius 1 is 1.18 bits per heavy atom. The molecule has 2 heteroatoms. The second kappa shape index (κ2) is 5.19. The molecule has 17 heavy (non-hydrogen) atoms. The summed E-state index contributed by atoms with van der Waals surface area (Å²) in [6, 6.07) is 12.7. The van der Waals surface area contributed by atoms with Crippen LogP contribution < -0.4 is 10.5 Å². The standard InChI is InChI=1S/C15H19NO/c1-3-17-15-9-8-12-6-4-5-7-13(12)14(15)10-11(2)16/h4-9,11H,3,10,16H2,1-2H3. The predicted molar refractivity (Wildman–Crippen MR) is 72.5 cm³/mol. The average molecular weight is 229 g/mol. The first kappa shape index (κ1) is 11.9. The molecular formula is C15H19NO. The van der Waals surface area contributed by atoms with Crippen molar-refractivity contribution in [2.24, 2.45) is 5.73 Å². The van der Waals surface area contributed by atoms with Crippen LogP contribution in [-0.2, 0) is 6.42 Å². The maximum Gasteiger partial charge on any atom is 0.123 e. The zero-order valence-corrected chi connectivity index (χ0v) is 10.4. The molecule has 0 saturated carbocycles. The number of ether oxygens (including phenoxy) is 1. The first-order valence-electron chi connectivity index (χ1n) is 6.11. The fourth-order valence-corrected chi connectivity index (χ4v) is 2.14. The Labute approximate surface area is 102 Å². The number of rotatable bonds is 4. The summed E-state index contributed by atoms with van der Waals surface area (Å²) < 4.78 is 5.69. The lowest BCUT2D eigenvalue weighted by Gasteiger charge is -2.15. The summed E-state index contributed by atoms with van der Waals surface area (Å²) in [5, 5.41) is 2.49. The van der Waals surface area contributed by atoms with Crippen LogP contribution in [0.2, 0.25) is 0 Å². The number of fused-ring (bicyclic) bond motifs is 1. The van der Waals surface area contributed by atoms with Gasteiger partial charge in [0.15, 0.2) is 0 Å². The monoisotopic (exact) mass is 229 g/mol. The zero-order valence-electron chi connectivity index (χ0n) is 10.4. The van der Waals surface area contributed by atoms with Gasteiger partial charge in [0.1, 0.15) is 5.75 Å². The summed E-state index contributed by atoms with van der Waals surface area (Å²) in [7, 11) is 0. The van der Waals surface area contributed by atoms with Crippen LogP contribution in [0.4, 0.5) is 0 Å². The van der Waals surface area contributed by atoms with Crippen LogP contribution in [0.3, 0.4) is 0 Å². The smallest absolute Gasteiger partial charge is 0.123 e. The van der Waals surface area contributed by atoms with E-state index in [2.05, 4.69) is 30.3 Å². The lowest BCUT2D eigenvalue weighted by atomic mass is 9.98. The van der Waals surface area contributed by atoms with E-state index < -0.39 is 0 Å². The van der Waals surface area contributed by atoms with Gasteiger partial charge in [-0.2, -0.15) is 0 Å². The van der Waals surface area contributed by atoms with Crippen LogP contribution in [0, 0.1) is 0 Å². The van der Waals surface area contributed by atoms with Gasteiger partial charge >= 0.3 is 0 Å². The van der Waals surface area contributed by atoms with Gasteiger partial charge in [-0.3, -0.25) is 0 Å². The minimum absolute atomic E-state index is 0.139. The van der Waals surface area contributed by atoms with E-state index in [9.17, 15) is 0 Å². The minimum Gasteiger partial charge on any atom is -0.494 e. The lowest BCUT2D eigenvalue weighted by Crippen LogP contribution is -2.18. The van der Waals surface area contributed by atoms with Gasteiger partial charge in [0.05, 0.1) is 6.61 Å². The van der Waals surface area contributed by atoms with Crippen molar-refractivity contribution >= 4 is 10.8 Å². The Morgan fingerprint density at radius 3 is 2.65 bits per heavy atom. The molecule has 0 aliphatic heterocycles. The number of hydrogen-bond donors (Lipinski definition) is 1. The number of nitrogens with two attached hydrogens (primary N) is 1. The molecule has 1 atom stereocenters. The van der Waals surface area contributed by atoms with E-state index in [1.54, 1.807) is 0 Å². The van der Waals surface area contributed by atoms with E-state index in [4.69, 9.17) is 10.5 Å². The van der Waals surface area contributed by atoms with E-state index in [0.29, 0.717) is 6.61 Å². The quantitative estimate of drug-likeness (QED) is 0.874. The highest BCUT2D eigenvalue weighted by atomic mass is 16.5. The molecule has 0 aliphatic rings. The molecule has 0 spiro atoms. The van der Waals surface area contributed by atoms with Gasteiger partial charge in [0.2, 0.25) is 0 Å². The third-order valence-corrected chi connectivity index (χ3v) is 2.82. The van der Waals surface area contributed by atoms with Crippen molar-refractivity contribution in [3.8, 4) is 5.75 Å². The largest absolute Gasteiger partial charge is 0.494 e. The van der Waals surface area contributed by atoms with E-state index in [-0.39, 0.29) is 6.04 Å². The third-order valence-electron chi connectivity index (χ3n) is 2.82. The highest BCUT2D eigenvalue weighted by Crippen LogP contribution is 2.29. The maximum absolute atomic E-state index is 5.92. The lowest BCUT2D eigenvalue weighted by molar-refractivity contribution is 0.336. The van der Waals surface area contributed by atoms with E-state index >= 15 is 0 Å². The van der Waals surface area contributed by atoms with Crippen molar-refractivity contribution in [2.45, 2.75) is 26.3 Å². The van der Waals surface area contributed by atoms with E-state index in [1.807, 2.05) is 19.9 Å². The number of benzene rings is 2. The van der Waals surface area contributed by atoms with Crippen LogP contribution in [0.1, 0.15) is 19.4 Å². The molecule has 0 radical (unpaired) electrons. The molecule has 0 aromatic heterocycles. The van der Waals surface area contributed by atoms with Crippen LogP contribution in [0.5, 0.6) is 5.75 Å². The zero-order chi connectivity index (χ0) is 12.3. The van der Waals surface area contributed by atoms with Gasteiger partial charge < -0.3 is 10.5 Å². The van der Waals surface area contributed by atoms with Crippen LogP contribution >= 0.6 is 0 Å². The second-order valence-electron chi connectivity index (χ2n) is 4.38. The van der Waals surface area contributed by atoms with Crippen molar-refractivity contribution < 1.29 is 4.74 Å². The molecule has 1 unspecified atom stereocenters. The molecular weight excluding hydrogens is 210 g/mol. The summed E-state index contributed by atoms with van der Waals surface area (Å²) in [5.74, 6) is 0.962. The van der Waals surface area contributed by atoms with Crippen LogP contribution in [0.15, 0.2) is 36.4 Å². The first-order valence-corrected chi connectivity index (χ1v) is 6.11. The Bertz CT molecular complexity index is 505. The molecule has 0 bridgehead atoms. The summed E-state index contributed by atoms with van der Waals surface area (Å²) in [6.45, 7) is 4.71. The maximum atomic E-state index is 5.92. The summed E-state index contributed by atoms with van der Waals surface area (Å²) in [4.78, 5) is 0. The van der Waals surface area contributed by atoms with E-state index in [1.165, 1.54) is 16.3 Å². The SMILES string of the molecule is CCOc1ccc2ccccc2c1CC(C)N. The Kier molecular flexibility index (Phi) is 3.64. The molecule has 2 N–H and O–H groups in total. The fraction of sp³-hybridized carbons (Fsp3) is 0.333. The van der Waals surface area contributed by atoms with Crippen LogP contribution in [-0.4, -0.2) is 12.6 Å². The predicted octanol–water partition coefficient (Wildman–Crippen LogP) is 3.13. The van der Waals surface area contributed by atoms with Gasteiger partial charge in [0, 0.05) is 11.6 Å². The van der Waals surface area contributed by atoms with Crippen LogP contribution in [0.25, 0.3) is 10.8 Å². The normalized spacial score (nSPS) is 12.6. The highest BCUT2D eigenvalue weighted by Gasteiger charge is 2.10. The Morgan fingerprint density at radius 2 is 1.94 bits per heavy atom. The summed E-state index contributed by atoms with van der Waals surface area (Å²) >= 11 is 0. The molecule has 0 fully saturated rings. The van der Waals surface area contributed by atoms with E-state index in [0.717, 1.165) is 12.2 Å². The highest BCUT2D eigenvalue weighted by molar-refractivity contribution is 5.87. The average Bonchev–Trinajstić information content (AvgIpc) is 2.32. The van der Waals surface area contributed by atoms with Gasteiger partial charge in [-0.25, -0.2) is 0 Å². The molecule has 2 aromatic carbocycles. The molecule has 2 nitrogen and oxygen atoms in total. The molecule has 2 rings (SSSR count). The Hall–Kier alpha value is -1.54. The van der Waals surface area contributed by atoms with Gasteiger partial charge in [0.25, 0.3) is 0 Å². The molecule has 0 saturated heterocycles. The molecule has 0 heterocycles. The summed E-state index contributed by atoms with van der Waals surface area (Å²) in [6.07, 6.45) is 0.844. The first-order chi connectivity index (χ1) is 8.22. The van der Waals surface area contributed by atoms with Gasteiger partial charge in [-0.1, -0.05) is 30.3 Å². The number of hydrogen-bond acceptors (Lipinski definition) is 2. The van der Waals surface area contributed by atoms with Gasteiger partial charge in [-0.15, -0.1) is 0 Å². The summed E-state index contributed by atoms with van der Waals surface area (Å²) in [5.41, 5.74) is 7.15. The molecule has 90 valence electrons. The second-order valence-corrected chi connectivity index (χ2v) is 4.38.